The van der Waals surface area contributed by atoms with Crippen LogP contribution in [0.15, 0.2) is 18.2 Å². The summed E-state index contributed by atoms with van der Waals surface area (Å²) in [7, 11) is 1.68. The van der Waals surface area contributed by atoms with Gasteiger partial charge < -0.3 is 10.1 Å². The highest BCUT2D eigenvalue weighted by molar-refractivity contribution is 5.43. The first kappa shape index (κ1) is 10.1. The molecule has 0 spiro atoms. The van der Waals surface area contributed by atoms with Crippen LogP contribution in [0.3, 0.4) is 0 Å². The van der Waals surface area contributed by atoms with Crippen molar-refractivity contribution in [1.29, 1.82) is 0 Å². The molecular formula is C13H15NO. The molecule has 15 heavy (non-hydrogen) atoms. The first-order valence-corrected chi connectivity index (χ1v) is 5.20. The van der Waals surface area contributed by atoms with Gasteiger partial charge in [-0.2, -0.15) is 0 Å². The Bertz CT molecular complexity index is 388. The molecule has 0 radical (unpaired) electrons. The standard InChI is InChI=1S/C13H15NO/c1-3-10-4-5-11(13(8-10)15-2)9-14-12-6-7-12/h1,4-5,8,12,14H,6-7,9H2,2H3. The molecule has 0 heterocycles. The summed E-state index contributed by atoms with van der Waals surface area (Å²) < 4.78 is 5.30. The zero-order valence-electron chi connectivity index (χ0n) is 8.92. The number of benzene rings is 1. The fraction of sp³-hybridized carbons (Fsp3) is 0.385. The second-order valence-electron chi connectivity index (χ2n) is 3.83. The summed E-state index contributed by atoms with van der Waals surface area (Å²) in [6, 6.07) is 6.60. The van der Waals surface area contributed by atoms with Crippen LogP contribution in [0, 0.1) is 12.3 Å². The van der Waals surface area contributed by atoms with Gasteiger partial charge in [-0.15, -0.1) is 6.42 Å². The Labute approximate surface area is 90.6 Å². The number of ether oxygens (including phenoxy) is 1. The molecule has 1 aromatic carbocycles. The van der Waals surface area contributed by atoms with E-state index in [1.807, 2.05) is 18.2 Å². The molecule has 0 unspecified atom stereocenters. The maximum atomic E-state index is 5.33. The lowest BCUT2D eigenvalue weighted by Crippen LogP contribution is -2.15. The lowest BCUT2D eigenvalue weighted by molar-refractivity contribution is 0.407. The number of methoxy groups -OCH3 is 1. The summed E-state index contributed by atoms with van der Waals surface area (Å²) in [6.07, 6.45) is 7.93. The molecule has 1 saturated carbocycles. The van der Waals surface area contributed by atoms with Crippen molar-refractivity contribution < 1.29 is 4.74 Å². The summed E-state index contributed by atoms with van der Waals surface area (Å²) >= 11 is 0. The Morgan fingerprint density at radius 3 is 2.93 bits per heavy atom. The largest absolute Gasteiger partial charge is 0.496 e. The number of hydrogen-bond acceptors (Lipinski definition) is 2. The first-order chi connectivity index (χ1) is 7.33. The van der Waals surface area contributed by atoms with Crippen molar-refractivity contribution in [2.75, 3.05) is 7.11 Å². The smallest absolute Gasteiger partial charge is 0.124 e. The van der Waals surface area contributed by atoms with Crippen LogP contribution >= 0.6 is 0 Å². The van der Waals surface area contributed by atoms with Crippen LogP contribution in [0.2, 0.25) is 0 Å². The fourth-order valence-electron chi connectivity index (χ4n) is 1.52. The van der Waals surface area contributed by atoms with E-state index in [4.69, 9.17) is 11.2 Å². The van der Waals surface area contributed by atoms with Crippen molar-refractivity contribution in [3.05, 3.63) is 29.3 Å². The average Bonchev–Trinajstić information content (AvgIpc) is 3.10. The van der Waals surface area contributed by atoms with E-state index in [-0.39, 0.29) is 0 Å². The Morgan fingerprint density at radius 1 is 1.53 bits per heavy atom. The molecule has 0 atom stereocenters. The molecule has 1 N–H and O–H groups in total. The molecule has 0 bridgehead atoms. The van der Waals surface area contributed by atoms with E-state index in [1.54, 1.807) is 7.11 Å². The van der Waals surface area contributed by atoms with Gasteiger partial charge in [-0.05, 0) is 25.0 Å². The fourth-order valence-corrected chi connectivity index (χ4v) is 1.52. The highest BCUT2D eigenvalue weighted by atomic mass is 16.5. The number of rotatable bonds is 4. The zero-order valence-corrected chi connectivity index (χ0v) is 8.92. The Balaban J connectivity index is 2.10. The predicted octanol–water partition coefficient (Wildman–Crippen LogP) is 1.93. The van der Waals surface area contributed by atoms with E-state index in [1.165, 1.54) is 18.4 Å². The minimum atomic E-state index is 0.710. The van der Waals surface area contributed by atoms with Gasteiger partial charge in [-0.1, -0.05) is 12.0 Å². The van der Waals surface area contributed by atoms with Crippen LogP contribution < -0.4 is 10.1 Å². The summed E-state index contributed by atoms with van der Waals surface area (Å²) in [4.78, 5) is 0. The molecule has 0 amide bonds. The van der Waals surface area contributed by atoms with Crippen molar-refractivity contribution in [1.82, 2.24) is 5.32 Å². The van der Waals surface area contributed by atoms with E-state index in [0.29, 0.717) is 6.04 Å². The van der Waals surface area contributed by atoms with E-state index in [0.717, 1.165) is 17.9 Å². The van der Waals surface area contributed by atoms with Crippen LogP contribution in [0.25, 0.3) is 0 Å². The Morgan fingerprint density at radius 2 is 2.33 bits per heavy atom. The Hall–Kier alpha value is -1.46. The Kier molecular flexibility index (Phi) is 2.94. The van der Waals surface area contributed by atoms with E-state index < -0.39 is 0 Å². The summed E-state index contributed by atoms with van der Waals surface area (Å²) in [5.41, 5.74) is 2.03. The zero-order chi connectivity index (χ0) is 10.7. The molecule has 0 aromatic heterocycles. The summed E-state index contributed by atoms with van der Waals surface area (Å²) in [5.74, 6) is 3.48. The minimum Gasteiger partial charge on any atom is -0.496 e. The third-order valence-corrected chi connectivity index (χ3v) is 2.61. The third-order valence-electron chi connectivity index (χ3n) is 2.61. The van der Waals surface area contributed by atoms with Gasteiger partial charge in [0.2, 0.25) is 0 Å². The van der Waals surface area contributed by atoms with E-state index in [9.17, 15) is 0 Å². The third kappa shape index (κ3) is 2.51. The summed E-state index contributed by atoms with van der Waals surface area (Å²) in [6.45, 7) is 0.860. The lowest BCUT2D eigenvalue weighted by atomic mass is 10.1. The molecule has 1 aliphatic carbocycles. The van der Waals surface area contributed by atoms with E-state index >= 15 is 0 Å². The van der Waals surface area contributed by atoms with Crippen LogP contribution in [-0.2, 0) is 6.54 Å². The van der Waals surface area contributed by atoms with Crippen molar-refractivity contribution in [2.24, 2.45) is 0 Å². The van der Waals surface area contributed by atoms with Gasteiger partial charge in [-0.25, -0.2) is 0 Å². The minimum absolute atomic E-state index is 0.710. The molecule has 1 aromatic rings. The highest BCUT2D eigenvalue weighted by Gasteiger charge is 2.20. The lowest BCUT2D eigenvalue weighted by Gasteiger charge is -2.09. The van der Waals surface area contributed by atoms with Crippen LogP contribution in [0.4, 0.5) is 0 Å². The average molecular weight is 201 g/mol. The second kappa shape index (κ2) is 4.37. The monoisotopic (exact) mass is 201 g/mol. The number of nitrogens with one attached hydrogen (secondary N) is 1. The maximum absolute atomic E-state index is 5.33. The van der Waals surface area contributed by atoms with Crippen molar-refractivity contribution in [3.8, 4) is 18.1 Å². The topological polar surface area (TPSA) is 21.3 Å². The second-order valence-corrected chi connectivity index (χ2v) is 3.83. The molecule has 1 aliphatic rings. The van der Waals surface area contributed by atoms with Crippen molar-refractivity contribution in [2.45, 2.75) is 25.4 Å². The van der Waals surface area contributed by atoms with Gasteiger partial charge in [0.25, 0.3) is 0 Å². The molecule has 0 saturated heterocycles. The van der Waals surface area contributed by atoms with Crippen molar-refractivity contribution >= 4 is 0 Å². The van der Waals surface area contributed by atoms with Crippen molar-refractivity contribution in [3.63, 3.8) is 0 Å². The number of hydrogen-bond donors (Lipinski definition) is 1. The first-order valence-electron chi connectivity index (χ1n) is 5.20. The molecule has 2 nitrogen and oxygen atoms in total. The highest BCUT2D eigenvalue weighted by Crippen LogP contribution is 2.23. The van der Waals surface area contributed by atoms with E-state index in [2.05, 4.69) is 11.2 Å². The van der Waals surface area contributed by atoms with Crippen LogP contribution in [-0.4, -0.2) is 13.2 Å². The normalized spacial score (nSPS) is 14.7. The number of terminal acetylenes is 1. The van der Waals surface area contributed by atoms with Crippen LogP contribution in [0.5, 0.6) is 5.75 Å². The SMILES string of the molecule is C#Cc1ccc(CNC2CC2)c(OC)c1. The van der Waals surface area contributed by atoms with Crippen LogP contribution in [0.1, 0.15) is 24.0 Å². The molecule has 2 heteroatoms. The molecule has 0 aliphatic heterocycles. The molecule has 78 valence electrons. The van der Waals surface area contributed by atoms with Gasteiger partial charge in [0.05, 0.1) is 7.11 Å². The van der Waals surface area contributed by atoms with Gasteiger partial charge in [-0.3, -0.25) is 0 Å². The quantitative estimate of drug-likeness (QED) is 0.751. The van der Waals surface area contributed by atoms with Gasteiger partial charge in [0, 0.05) is 23.7 Å². The van der Waals surface area contributed by atoms with Gasteiger partial charge in [0.15, 0.2) is 0 Å². The molecular weight excluding hydrogens is 186 g/mol. The molecule has 2 rings (SSSR count). The van der Waals surface area contributed by atoms with Gasteiger partial charge in [0.1, 0.15) is 5.75 Å². The molecule has 1 fully saturated rings. The predicted molar refractivity (Wildman–Crippen MR) is 60.8 cm³/mol. The van der Waals surface area contributed by atoms with Gasteiger partial charge >= 0.3 is 0 Å². The maximum Gasteiger partial charge on any atom is 0.124 e. The summed E-state index contributed by atoms with van der Waals surface area (Å²) in [5, 5.41) is 3.45.